The molecule has 0 saturated carbocycles. The molecule has 0 amide bonds. The van der Waals surface area contributed by atoms with Crippen molar-refractivity contribution in [2.75, 3.05) is 0 Å². The van der Waals surface area contributed by atoms with Crippen LogP contribution in [0.15, 0.2) is 54.9 Å². The van der Waals surface area contributed by atoms with Crippen molar-refractivity contribution in [3.8, 4) is 0 Å². The summed E-state index contributed by atoms with van der Waals surface area (Å²) in [6.45, 7) is 0. The number of carboxylic acids is 1. The minimum atomic E-state index is -0.850. The van der Waals surface area contributed by atoms with E-state index in [0.717, 1.165) is 11.1 Å². The van der Waals surface area contributed by atoms with Crippen molar-refractivity contribution in [1.29, 1.82) is 0 Å². The molecule has 80 valence electrons. The van der Waals surface area contributed by atoms with Crippen molar-refractivity contribution >= 4 is 5.97 Å². The molecule has 3 heteroatoms. The maximum Gasteiger partial charge on any atom is 0.315 e. The quantitative estimate of drug-likeness (QED) is 0.851. The summed E-state index contributed by atoms with van der Waals surface area (Å²) in [4.78, 5) is 15.2. The molecule has 1 N–H and O–H groups in total. The third kappa shape index (κ3) is 2.08. The van der Waals surface area contributed by atoms with Crippen LogP contribution in [-0.2, 0) is 4.79 Å². The molecule has 0 aliphatic heterocycles. The highest BCUT2D eigenvalue weighted by atomic mass is 16.4. The van der Waals surface area contributed by atoms with Gasteiger partial charge in [0, 0.05) is 12.4 Å². The number of rotatable bonds is 3. The molecule has 1 aromatic heterocycles. The molecule has 0 spiro atoms. The summed E-state index contributed by atoms with van der Waals surface area (Å²) in [7, 11) is 0. The van der Waals surface area contributed by atoms with E-state index in [-0.39, 0.29) is 0 Å². The molecule has 16 heavy (non-hydrogen) atoms. The van der Waals surface area contributed by atoms with Gasteiger partial charge in [0.25, 0.3) is 0 Å². The zero-order valence-electron chi connectivity index (χ0n) is 8.58. The predicted molar refractivity (Wildman–Crippen MR) is 60.2 cm³/mol. The van der Waals surface area contributed by atoms with Gasteiger partial charge in [-0.2, -0.15) is 0 Å². The third-order valence-electron chi connectivity index (χ3n) is 2.42. The normalized spacial score (nSPS) is 12.0. The van der Waals surface area contributed by atoms with Crippen LogP contribution in [0, 0.1) is 0 Å². The fourth-order valence-electron chi connectivity index (χ4n) is 1.68. The van der Waals surface area contributed by atoms with Crippen LogP contribution in [0.4, 0.5) is 0 Å². The topological polar surface area (TPSA) is 50.2 Å². The van der Waals surface area contributed by atoms with E-state index in [9.17, 15) is 9.90 Å². The summed E-state index contributed by atoms with van der Waals surface area (Å²) in [5.41, 5.74) is 1.52. The van der Waals surface area contributed by atoms with Crippen LogP contribution in [0.25, 0.3) is 0 Å². The van der Waals surface area contributed by atoms with E-state index in [1.807, 2.05) is 30.3 Å². The fourth-order valence-corrected chi connectivity index (χ4v) is 1.68. The molecule has 1 aromatic carbocycles. The summed E-state index contributed by atoms with van der Waals surface area (Å²) in [6.07, 6.45) is 3.21. The summed E-state index contributed by atoms with van der Waals surface area (Å²) in [5.74, 6) is -1.47. The van der Waals surface area contributed by atoms with Crippen LogP contribution in [0.5, 0.6) is 0 Å². The van der Waals surface area contributed by atoms with E-state index >= 15 is 0 Å². The number of aliphatic carboxylic acids is 1. The lowest BCUT2D eigenvalue weighted by Crippen LogP contribution is -2.12. The van der Waals surface area contributed by atoms with Gasteiger partial charge in [-0.1, -0.05) is 30.3 Å². The lowest BCUT2D eigenvalue weighted by Gasteiger charge is -2.12. The van der Waals surface area contributed by atoms with Crippen LogP contribution in [0.2, 0.25) is 0 Å². The Kier molecular flexibility index (Phi) is 2.96. The number of nitrogens with zero attached hydrogens (tertiary/aromatic N) is 1. The minimum absolute atomic E-state index is 0.621. The van der Waals surface area contributed by atoms with Gasteiger partial charge in [-0.15, -0.1) is 0 Å². The Bertz CT molecular complexity index is 428. The largest absolute Gasteiger partial charge is 0.481 e. The first kappa shape index (κ1) is 10.4. The molecule has 3 nitrogen and oxygen atoms in total. The Labute approximate surface area is 93.4 Å². The first-order valence-electron chi connectivity index (χ1n) is 4.96. The number of hydrogen-bond acceptors (Lipinski definition) is 2. The van der Waals surface area contributed by atoms with Gasteiger partial charge in [-0.3, -0.25) is 9.78 Å². The summed E-state index contributed by atoms with van der Waals surface area (Å²) < 4.78 is 0. The average molecular weight is 213 g/mol. The first-order chi connectivity index (χ1) is 7.79. The van der Waals surface area contributed by atoms with Crippen LogP contribution < -0.4 is 0 Å². The molecule has 1 heterocycles. The van der Waals surface area contributed by atoms with E-state index in [2.05, 4.69) is 4.98 Å². The second-order valence-corrected chi connectivity index (χ2v) is 3.46. The van der Waals surface area contributed by atoms with Crippen molar-refractivity contribution in [2.45, 2.75) is 5.92 Å². The minimum Gasteiger partial charge on any atom is -0.481 e. The van der Waals surface area contributed by atoms with E-state index in [1.54, 1.807) is 24.5 Å². The Balaban J connectivity index is 2.44. The van der Waals surface area contributed by atoms with Gasteiger partial charge in [0.1, 0.15) is 5.92 Å². The zero-order valence-corrected chi connectivity index (χ0v) is 8.58. The van der Waals surface area contributed by atoms with E-state index in [4.69, 9.17) is 0 Å². The standard InChI is InChI=1S/C13H11NO2/c15-13(16)12(10-4-2-1-3-5-10)11-6-8-14-9-7-11/h1-9,12H,(H,15,16). The number of aromatic nitrogens is 1. The summed E-state index contributed by atoms with van der Waals surface area (Å²) >= 11 is 0. The molecule has 0 radical (unpaired) electrons. The van der Waals surface area contributed by atoms with Gasteiger partial charge >= 0.3 is 5.97 Å². The van der Waals surface area contributed by atoms with Gasteiger partial charge in [0.05, 0.1) is 0 Å². The number of hydrogen-bond donors (Lipinski definition) is 1. The Hall–Kier alpha value is -2.16. The first-order valence-corrected chi connectivity index (χ1v) is 4.96. The monoisotopic (exact) mass is 213 g/mol. The van der Waals surface area contributed by atoms with E-state index < -0.39 is 11.9 Å². The molecule has 0 fully saturated rings. The number of carboxylic acid groups (broad SMARTS) is 1. The molecule has 0 aliphatic rings. The van der Waals surface area contributed by atoms with Gasteiger partial charge in [0.15, 0.2) is 0 Å². The smallest absolute Gasteiger partial charge is 0.315 e. The summed E-state index contributed by atoms with van der Waals surface area (Å²) in [6, 6.07) is 12.6. The van der Waals surface area contributed by atoms with Crippen molar-refractivity contribution in [2.24, 2.45) is 0 Å². The molecule has 0 bridgehead atoms. The Morgan fingerprint density at radius 2 is 1.56 bits per heavy atom. The van der Waals surface area contributed by atoms with Crippen molar-refractivity contribution in [1.82, 2.24) is 4.98 Å². The highest BCUT2D eigenvalue weighted by molar-refractivity contribution is 5.80. The van der Waals surface area contributed by atoms with Crippen LogP contribution in [0.3, 0.4) is 0 Å². The van der Waals surface area contributed by atoms with Crippen molar-refractivity contribution in [3.05, 3.63) is 66.0 Å². The van der Waals surface area contributed by atoms with Gasteiger partial charge in [0.2, 0.25) is 0 Å². The third-order valence-corrected chi connectivity index (χ3v) is 2.42. The predicted octanol–water partition coefficient (Wildman–Crippen LogP) is 2.30. The molecule has 2 rings (SSSR count). The van der Waals surface area contributed by atoms with Crippen LogP contribution in [-0.4, -0.2) is 16.1 Å². The van der Waals surface area contributed by atoms with Crippen molar-refractivity contribution in [3.63, 3.8) is 0 Å². The number of pyridine rings is 1. The SMILES string of the molecule is O=C(O)C(c1ccccc1)c1ccncc1. The molecule has 0 aliphatic carbocycles. The maximum atomic E-state index is 11.3. The van der Waals surface area contributed by atoms with Crippen molar-refractivity contribution < 1.29 is 9.90 Å². The summed E-state index contributed by atoms with van der Waals surface area (Å²) in [5, 5.41) is 9.26. The van der Waals surface area contributed by atoms with Crippen LogP contribution in [0.1, 0.15) is 17.0 Å². The highest BCUT2D eigenvalue weighted by Gasteiger charge is 2.21. The van der Waals surface area contributed by atoms with E-state index in [1.165, 1.54) is 0 Å². The highest BCUT2D eigenvalue weighted by Crippen LogP contribution is 2.23. The molecular weight excluding hydrogens is 202 g/mol. The molecule has 1 atom stereocenters. The maximum absolute atomic E-state index is 11.3. The van der Waals surface area contributed by atoms with Gasteiger partial charge in [-0.05, 0) is 23.3 Å². The Morgan fingerprint density at radius 1 is 1.00 bits per heavy atom. The molecule has 2 aromatic rings. The van der Waals surface area contributed by atoms with Crippen LogP contribution >= 0.6 is 0 Å². The zero-order chi connectivity index (χ0) is 11.4. The Morgan fingerprint density at radius 3 is 2.12 bits per heavy atom. The lowest BCUT2D eigenvalue weighted by molar-refractivity contribution is -0.137. The van der Waals surface area contributed by atoms with Gasteiger partial charge < -0.3 is 5.11 Å². The fraction of sp³-hybridized carbons (Fsp3) is 0.0769. The molecule has 0 saturated heterocycles. The van der Waals surface area contributed by atoms with Gasteiger partial charge in [-0.25, -0.2) is 0 Å². The average Bonchev–Trinajstić information content (AvgIpc) is 2.31. The second kappa shape index (κ2) is 4.57. The lowest BCUT2D eigenvalue weighted by atomic mass is 9.92. The molecule has 1 unspecified atom stereocenters. The number of benzene rings is 1. The second-order valence-electron chi connectivity index (χ2n) is 3.46. The number of carbonyl (C=O) groups is 1. The van der Waals surface area contributed by atoms with E-state index in [0.29, 0.717) is 0 Å². The molecular formula is C13H11NO2.